The Kier molecular flexibility index (Phi) is 5.62. The summed E-state index contributed by atoms with van der Waals surface area (Å²) < 4.78 is 33.6. The zero-order chi connectivity index (χ0) is 18.8. The van der Waals surface area contributed by atoms with Gasteiger partial charge in [0.25, 0.3) is 0 Å². The van der Waals surface area contributed by atoms with E-state index in [2.05, 4.69) is 20.0 Å². The number of esters is 1. The molecule has 1 aromatic carbocycles. The molecular weight excluding hydrogens is 384 g/mol. The van der Waals surface area contributed by atoms with Crippen LogP contribution in [0.2, 0.25) is 5.28 Å². The van der Waals surface area contributed by atoms with Gasteiger partial charge >= 0.3 is 5.97 Å². The Morgan fingerprint density at radius 3 is 2.88 bits per heavy atom. The lowest BCUT2D eigenvalue weighted by molar-refractivity contribution is -0.132. The number of benzene rings is 1. The van der Waals surface area contributed by atoms with E-state index in [0.717, 1.165) is 42.2 Å². The number of nitrogens with zero attached hydrogens (tertiary/aromatic N) is 2. The largest absolute Gasteiger partial charge is 0.420 e. The molecule has 0 radical (unpaired) electrons. The van der Waals surface area contributed by atoms with Gasteiger partial charge in [0, 0.05) is 24.2 Å². The van der Waals surface area contributed by atoms with Crippen LogP contribution in [0.25, 0.3) is 0 Å². The van der Waals surface area contributed by atoms with E-state index in [9.17, 15) is 13.6 Å². The van der Waals surface area contributed by atoms with Crippen molar-refractivity contribution in [2.75, 3.05) is 11.1 Å². The van der Waals surface area contributed by atoms with Gasteiger partial charge in [-0.2, -0.15) is 4.98 Å². The van der Waals surface area contributed by atoms with Crippen LogP contribution in [-0.4, -0.2) is 21.7 Å². The minimum absolute atomic E-state index is 0.0734. The first-order valence-corrected chi connectivity index (χ1v) is 9.42. The van der Waals surface area contributed by atoms with Gasteiger partial charge in [-0.1, -0.05) is 6.92 Å². The first kappa shape index (κ1) is 18.8. The van der Waals surface area contributed by atoms with Gasteiger partial charge in [-0.25, -0.2) is 13.8 Å². The first-order valence-electron chi connectivity index (χ1n) is 8.06. The first-order chi connectivity index (χ1) is 12.4. The van der Waals surface area contributed by atoms with Gasteiger partial charge in [-0.05, 0) is 36.6 Å². The maximum absolute atomic E-state index is 14.7. The Balaban J connectivity index is 2.06. The van der Waals surface area contributed by atoms with Crippen LogP contribution in [0.1, 0.15) is 31.5 Å². The number of nitrogens with one attached hydrogen (secondary N) is 1. The topological polar surface area (TPSA) is 64.1 Å². The Labute approximate surface area is 158 Å². The number of anilines is 2. The molecule has 9 heteroatoms. The van der Waals surface area contributed by atoms with Crippen LogP contribution in [0, 0.1) is 11.6 Å². The summed E-state index contributed by atoms with van der Waals surface area (Å²) in [6.07, 6.45) is 2.01. The number of carbonyl (C=O) groups excluding carboxylic acids is 1. The maximum Gasteiger partial charge on any atom is 0.308 e. The van der Waals surface area contributed by atoms with Crippen molar-refractivity contribution in [1.29, 1.82) is 0 Å². The Morgan fingerprint density at radius 1 is 1.42 bits per heavy atom. The highest BCUT2D eigenvalue weighted by molar-refractivity contribution is 7.99. The molecule has 1 aliphatic rings. The van der Waals surface area contributed by atoms with Crippen LogP contribution in [0.3, 0.4) is 0 Å². The zero-order valence-corrected chi connectivity index (χ0v) is 15.7. The maximum atomic E-state index is 14.7. The number of aromatic nitrogens is 2. The molecule has 26 heavy (non-hydrogen) atoms. The highest BCUT2D eigenvalue weighted by atomic mass is 35.5. The zero-order valence-electron chi connectivity index (χ0n) is 14.2. The number of thioether (sulfide) groups is 1. The van der Waals surface area contributed by atoms with Crippen molar-refractivity contribution in [3.05, 3.63) is 34.2 Å². The number of ether oxygens (including phenoxy) is 1. The number of fused-ring (bicyclic) bond motifs is 1. The molecule has 0 atom stereocenters. The number of aryl methyl sites for hydroxylation is 1. The van der Waals surface area contributed by atoms with Crippen molar-refractivity contribution in [2.45, 2.75) is 38.0 Å². The van der Waals surface area contributed by atoms with Gasteiger partial charge in [-0.3, -0.25) is 4.79 Å². The molecule has 0 saturated heterocycles. The number of carbonyl (C=O) groups is 1. The molecular formula is C17H16ClF2N3O2S. The molecule has 3 rings (SSSR count). The van der Waals surface area contributed by atoms with Gasteiger partial charge < -0.3 is 10.1 Å². The average Bonchev–Trinajstić information content (AvgIpc) is 2.58. The second-order valence-corrected chi connectivity index (χ2v) is 7.11. The van der Waals surface area contributed by atoms with Crippen LogP contribution >= 0.6 is 23.4 Å². The number of halogens is 3. The van der Waals surface area contributed by atoms with Gasteiger partial charge in [0.1, 0.15) is 5.82 Å². The van der Waals surface area contributed by atoms with E-state index in [-0.39, 0.29) is 23.0 Å². The lowest BCUT2D eigenvalue weighted by atomic mass is 10.1. The summed E-state index contributed by atoms with van der Waals surface area (Å²) in [5.74, 6) is -2.05. The second kappa shape index (κ2) is 7.75. The van der Waals surface area contributed by atoms with Crippen molar-refractivity contribution < 1.29 is 18.3 Å². The standard InChI is InChI=1S/C17H16ClF2N3O2S/c1-3-9-12(7-10(19)14(13(9)20)25-8(2)24)21-16-15-11(5-4-6-26-15)22-17(18)23-16/h7H,3-6H2,1-2H3,(H,21,22,23). The normalized spacial score (nSPS) is 13.3. The smallest absolute Gasteiger partial charge is 0.308 e. The quantitative estimate of drug-likeness (QED) is 0.457. The van der Waals surface area contributed by atoms with Gasteiger partial charge in [0.2, 0.25) is 11.0 Å². The highest BCUT2D eigenvalue weighted by Gasteiger charge is 2.23. The number of rotatable bonds is 4. The van der Waals surface area contributed by atoms with Crippen molar-refractivity contribution in [2.24, 2.45) is 0 Å². The summed E-state index contributed by atoms with van der Waals surface area (Å²) in [5, 5.41) is 3.05. The van der Waals surface area contributed by atoms with Crippen molar-refractivity contribution >= 4 is 40.8 Å². The Morgan fingerprint density at radius 2 is 2.19 bits per heavy atom. The number of hydrogen-bond acceptors (Lipinski definition) is 6. The minimum Gasteiger partial charge on any atom is -0.420 e. The van der Waals surface area contributed by atoms with Crippen molar-refractivity contribution in [3.8, 4) is 5.75 Å². The van der Waals surface area contributed by atoms with Gasteiger partial charge in [0.15, 0.2) is 11.6 Å². The highest BCUT2D eigenvalue weighted by Crippen LogP contribution is 2.38. The molecule has 2 heterocycles. The molecule has 0 aliphatic carbocycles. The molecule has 0 saturated carbocycles. The molecule has 0 bridgehead atoms. The van der Waals surface area contributed by atoms with Crippen molar-refractivity contribution in [3.63, 3.8) is 0 Å². The lowest BCUT2D eigenvalue weighted by Crippen LogP contribution is -2.11. The third-order valence-electron chi connectivity index (χ3n) is 3.84. The summed E-state index contributed by atoms with van der Waals surface area (Å²) in [5.41, 5.74) is 1.22. The number of hydrogen-bond donors (Lipinski definition) is 1. The predicted octanol–water partition coefficient (Wildman–Crippen LogP) is 4.68. The van der Waals surface area contributed by atoms with E-state index in [4.69, 9.17) is 11.6 Å². The second-order valence-electron chi connectivity index (χ2n) is 5.67. The summed E-state index contributed by atoms with van der Waals surface area (Å²) in [6.45, 7) is 2.80. The van der Waals surface area contributed by atoms with E-state index < -0.39 is 23.4 Å². The van der Waals surface area contributed by atoms with E-state index in [1.807, 2.05) is 0 Å². The molecule has 2 aromatic rings. The molecule has 1 aromatic heterocycles. The summed E-state index contributed by atoms with van der Waals surface area (Å²) in [4.78, 5) is 20.3. The molecule has 0 spiro atoms. The summed E-state index contributed by atoms with van der Waals surface area (Å²) in [7, 11) is 0. The molecule has 0 fully saturated rings. The third-order valence-corrected chi connectivity index (χ3v) is 5.22. The fraction of sp³-hybridized carbons (Fsp3) is 0.353. The molecule has 1 aliphatic heterocycles. The minimum atomic E-state index is -0.973. The van der Waals surface area contributed by atoms with E-state index in [1.165, 1.54) is 0 Å². The third kappa shape index (κ3) is 3.76. The predicted molar refractivity (Wildman–Crippen MR) is 96.4 cm³/mol. The summed E-state index contributed by atoms with van der Waals surface area (Å²) in [6, 6.07) is 1.09. The molecule has 1 N–H and O–H groups in total. The van der Waals surface area contributed by atoms with Crippen LogP contribution < -0.4 is 10.1 Å². The van der Waals surface area contributed by atoms with E-state index in [0.29, 0.717) is 5.82 Å². The van der Waals surface area contributed by atoms with E-state index >= 15 is 0 Å². The lowest BCUT2D eigenvalue weighted by Gasteiger charge is -2.20. The van der Waals surface area contributed by atoms with Gasteiger partial charge in [0.05, 0.1) is 10.6 Å². The molecule has 0 unspecified atom stereocenters. The summed E-state index contributed by atoms with van der Waals surface area (Å²) >= 11 is 7.56. The fourth-order valence-electron chi connectivity index (χ4n) is 2.75. The Bertz CT molecular complexity index is 880. The molecule has 0 amide bonds. The SMILES string of the molecule is CCc1c(Nc2nc(Cl)nc3c2SCCC3)cc(F)c(OC(C)=O)c1F. The van der Waals surface area contributed by atoms with Gasteiger partial charge in [-0.15, -0.1) is 11.8 Å². The van der Waals surface area contributed by atoms with Crippen molar-refractivity contribution in [1.82, 2.24) is 9.97 Å². The van der Waals surface area contributed by atoms with Crippen LogP contribution in [0.4, 0.5) is 20.3 Å². The monoisotopic (exact) mass is 399 g/mol. The molecule has 138 valence electrons. The van der Waals surface area contributed by atoms with Crippen LogP contribution in [-0.2, 0) is 17.6 Å². The molecule has 5 nitrogen and oxygen atoms in total. The van der Waals surface area contributed by atoms with E-state index in [1.54, 1.807) is 18.7 Å². The average molecular weight is 400 g/mol. The fourth-order valence-corrected chi connectivity index (χ4v) is 3.98. The van der Waals surface area contributed by atoms with Crippen LogP contribution in [0.5, 0.6) is 5.75 Å². The Hall–Kier alpha value is -1.93. The van der Waals surface area contributed by atoms with Crippen LogP contribution in [0.15, 0.2) is 11.0 Å².